The van der Waals surface area contributed by atoms with Gasteiger partial charge in [-0.05, 0) is 57.5 Å². The summed E-state index contributed by atoms with van der Waals surface area (Å²) < 4.78 is 0. The third-order valence-corrected chi connectivity index (χ3v) is 5.25. The Morgan fingerprint density at radius 3 is 2.68 bits per heavy atom. The molecule has 112 valence electrons. The number of rotatable bonds is 6. The molecule has 2 heteroatoms. The van der Waals surface area contributed by atoms with Gasteiger partial charge in [0, 0.05) is 18.6 Å². The van der Waals surface area contributed by atoms with E-state index in [4.69, 9.17) is 0 Å². The van der Waals surface area contributed by atoms with E-state index in [2.05, 4.69) is 24.1 Å². The van der Waals surface area contributed by atoms with E-state index in [-0.39, 0.29) is 0 Å². The molecule has 1 saturated heterocycles. The third-order valence-electron chi connectivity index (χ3n) is 5.25. The minimum atomic E-state index is 0.806. The Morgan fingerprint density at radius 1 is 1.00 bits per heavy atom. The Bertz CT molecular complexity index is 241. The smallest absolute Gasteiger partial charge is 0.0107 e. The minimum absolute atomic E-state index is 0.806. The second-order valence-electron chi connectivity index (χ2n) is 6.66. The molecule has 0 aromatic heterocycles. The molecule has 0 aromatic carbocycles. The second kappa shape index (κ2) is 8.26. The first-order valence-electron chi connectivity index (χ1n) is 8.82. The van der Waals surface area contributed by atoms with Gasteiger partial charge in [-0.15, -0.1) is 0 Å². The third kappa shape index (κ3) is 4.46. The Kier molecular flexibility index (Phi) is 6.66. The molecule has 1 aliphatic heterocycles. The highest BCUT2D eigenvalue weighted by Crippen LogP contribution is 2.29. The molecule has 1 heterocycles. The van der Waals surface area contributed by atoms with E-state index in [1.807, 2.05) is 0 Å². The SMILES string of the molecule is CCCNC1CCCC1CN1CCCCCC1CC. The van der Waals surface area contributed by atoms with Crippen molar-refractivity contribution in [1.82, 2.24) is 10.2 Å². The van der Waals surface area contributed by atoms with Crippen LogP contribution in [0.15, 0.2) is 0 Å². The molecule has 1 N–H and O–H groups in total. The molecule has 3 atom stereocenters. The second-order valence-corrected chi connectivity index (χ2v) is 6.66. The summed E-state index contributed by atoms with van der Waals surface area (Å²) in [5.41, 5.74) is 0. The molecule has 2 nitrogen and oxygen atoms in total. The lowest BCUT2D eigenvalue weighted by Crippen LogP contribution is -2.43. The van der Waals surface area contributed by atoms with Crippen molar-refractivity contribution in [2.45, 2.75) is 83.7 Å². The van der Waals surface area contributed by atoms with Gasteiger partial charge >= 0.3 is 0 Å². The van der Waals surface area contributed by atoms with Gasteiger partial charge in [0.15, 0.2) is 0 Å². The van der Waals surface area contributed by atoms with Crippen molar-refractivity contribution in [2.75, 3.05) is 19.6 Å². The van der Waals surface area contributed by atoms with Crippen LogP contribution in [-0.4, -0.2) is 36.6 Å². The van der Waals surface area contributed by atoms with E-state index >= 15 is 0 Å². The van der Waals surface area contributed by atoms with Gasteiger partial charge in [0.05, 0.1) is 0 Å². The maximum absolute atomic E-state index is 3.79. The van der Waals surface area contributed by atoms with Crippen LogP contribution in [0.5, 0.6) is 0 Å². The average molecular weight is 266 g/mol. The molecule has 0 bridgehead atoms. The van der Waals surface area contributed by atoms with E-state index in [9.17, 15) is 0 Å². The van der Waals surface area contributed by atoms with E-state index in [0.717, 1.165) is 18.0 Å². The quantitative estimate of drug-likeness (QED) is 0.786. The predicted octanol–water partition coefficient (Wildman–Crippen LogP) is 3.81. The lowest BCUT2D eigenvalue weighted by Gasteiger charge is -2.33. The van der Waals surface area contributed by atoms with Crippen LogP contribution in [0.1, 0.15) is 71.6 Å². The van der Waals surface area contributed by atoms with Crippen LogP contribution < -0.4 is 5.32 Å². The van der Waals surface area contributed by atoms with Crippen LogP contribution in [0.3, 0.4) is 0 Å². The van der Waals surface area contributed by atoms with Gasteiger partial charge in [-0.25, -0.2) is 0 Å². The number of likely N-dealkylation sites (tertiary alicyclic amines) is 1. The summed E-state index contributed by atoms with van der Waals surface area (Å²) in [6, 6.07) is 1.68. The van der Waals surface area contributed by atoms with Crippen LogP contribution in [0.4, 0.5) is 0 Å². The Balaban J connectivity index is 1.86. The molecule has 19 heavy (non-hydrogen) atoms. The topological polar surface area (TPSA) is 15.3 Å². The normalized spacial score (nSPS) is 33.5. The first-order valence-corrected chi connectivity index (χ1v) is 8.82. The first kappa shape index (κ1) is 15.3. The molecule has 2 aliphatic rings. The highest BCUT2D eigenvalue weighted by atomic mass is 15.2. The van der Waals surface area contributed by atoms with Crippen LogP contribution in [0.25, 0.3) is 0 Å². The number of hydrogen-bond acceptors (Lipinski definition) is 2. The van der Waals surface area contributed by atoms with Crippen molar-refractivity contribution in [2.24, 2.45) is 5.92 Å². The van der Waals surface area contributed by atoms with Crippen molar-refractivity contribution < 1.29 is 0 Å². The van der Waals surface area contributed by atoms with Gasteiger partial charge in [0.25, 0.3) is 0 Å². The summed E-state index contributed by atoms with van der Waals surface area (Å²) in [5, 5.41) is 3.79. The fourth-order valence-corrected chi connectivity index (χ4v) is 4.09. The number of hydrogen-bond donors (Lipinski definition) is 1. The molecule has 2 rings (SSSR count). The van der Waals surface area contributed by atoms with Crippen molar-refractivity contribution in [3.05, 3.63) is 0 Å². The molecular formula is C17H34N2. The molecule has 1 aliphatic carbocycles. The maximum atomic E-state index is 3.79. The zero-order valence-corrected chi connectivity index (χ0v) is 13.2. The number of nitrogens with zero attached hydrogens (tertiary/aromatic N) is 1. The van der Waals surface area contributed by atoms with Gasteiger partial charge in [-0.2, -0.15) is 0 Å². The Hall–Kier alpha value is -0.0800. The Morgan fingerprint density at radius 2 is 1.89 bits per heavy atom. The number of nitrogens with one attached hydrogen (secondary N) is 1. The molecule has 1 saturated carbocycles. The predicted molar refractivity (Wildman–Crippen MR) is 83.5 cm³/mol. The van der Waals surface area contributed by atoms with E-state index in [0.29, 0.717) is 0 Å². The standard InChI is InChI=1S/C17H34N2/c1-3-12-18-17-11-8-9-15(17)14-19-13-7-5-6-10-16(19)4-2/h15-18H,3-14H2,1-2H3. The summed E-state index contributed by atoms with van der Waals surface area (Å²) >= 11 is 0. The lowest BCUT2D eigenvalue weighted by atomic mass is 10.0. The van der Waals surface area contributed by atoms with E-state index < -0.39 is 0 Å². The summed E-state index contributed by atoms with van der Waals surface area (Å²) in [7, 11) is 0. The molecule has 0 amide bonds. The largest absolute Gasteiger partial charge is 0.314 e. The molecule has 2 fully saturated rings. The Labute approximate surface area is 120 Å². The van der Waals surface area contributed by atoms with Crippen molar-refractivity contribution in [3.63, 3.8) is 0 Å². The summed E-state index contributed by atoms with van der Waals surface area (Å²) in [5.74, 6) is 0.915. The zero-order valence-electron chi connectivity index (χ0n) is 13.2. The maximum Gasteiger partial charge on any atom is 0.0107 e. The van der Waals surface area contributed by atoms with Crippen LogP contribution >= 0.6 is 0 Å². The van der Waals surface area contributed by atoms with Gasteiger partial charge in [-0.1, -0.05) is 33.1 Å². The van der Waals surface area contributed by atoms with E-state index in [1.165, 1.54) is 77.4 Å². The van der Waals surface area contributed by atoms with Gasteiger partial charge in [0.2, 0.25) is 0 Å². The minimum Gasteiger partial charge on any atom is -0.314 e. The highest BCUT2D eigenvalue weighted by Gasteiger charge is 2.30. The molecule has 3 unspecified atom stereocenters. The summed E-state index contributed by atoms with van der Waals surface area (Å²) in [6.07, 6.45) is 12.7. The average Bonchev–Trinajstić information content (AvgIpc) is 2.73. The summed E-state index contributed by atoms with van der Waals surface area (Å²) in [6.45, 7) is 8.58. The van der Waals surface area contributed by atoms with Gasteiger partial charge < -0.3 is 10.2 Å². The zero-order chi connectivity index (χ0) is 13.5. The monoisotopic (exact) mass is 266 g/mol. The van der Waals surface area contributed by atoms with Gasteiger partial charge in [-0.3, -0.25) is 0 Å². The molecule has 0 aromatic rings. The molecule has 0 spiro atoms. The lowest BCUT2D eigenvalue weighted by molar-refractivity contribution is 0.155. The van der Waals surface area contributed by atoms with E-state index in [1.54, 1.807) is 0 Å². The first-order chi connectivity index (χ1) is 9.35. The molecular weight excluding hydrogens is 232 g/mol. The van der Waals surface area contributed by atoms with Crippen molar-refractivity contribution in [3.8, 4) is 0 Å². The van der Waals surface area contributed by atoms with Crippen molar-refractivity contribution in [1.29, 1.82) is 0 Å². The highest BCUT2D eigenvalue weighted by molar-refractivity contribution is 4.87. The van der Waals surface area contributed by atoms with Crippen LogP contribution in [-0.2, 0) is 0 Å². The molecule has 0 radical (unpaired) electrons. The fourth-order valence-electron chi connectivity index (χ4n) is 4.09. The van der Waals surface area contributed by atoms with Crippen LogP contribution in [0.2, 0.25) is 0 Å². The van der Waals surface area contributed by atoms with Gasteiger partial charge in [0.1, 0.15) is 0 Å². The van der Waals surface area contributed by atoms with Crippen LogP contribution in [0, 0.1) is 5.92 Å². The van der Waals surface area contributed by atoms with Crippen molar-refractivity contribution >= 4 is 0 Å². The summed E-state index contributed by atoms with van der Waals surface area (Å²) in [4.78, 5) is 2.84. The fraction of sp³-hybridized carbons (Fsp3) is 1.00.